The van der Waals surface area contributed by atoms with Gasteiger partial charge in [-0.05, 0) is 19.1 Å². The lowest BCUT2D eigenvalue weighted by Gasteiger charge is -2.02. The lowest BCUT2D eigenvalue weighted by Crippen LogP contribution is -2.14. The van der Waals surface area contributed by atoms with Gasteiger partial charge >= 0.3 is 5.97 Å². The lowest BCUT2D eigenvalue weighted by molar-refractivity contribution is 0.0697. The summed E-state index contributed by atoms with van der Waals surface area (Å²) in [4.78, 5) is 30.3. The van der Waals surface area contributed by atoms with Crippen molar-refractivity contribution >= 4 is 23.2 Å². The number of carboxylic acids is 1. The first-order valence-corrected chi connectivity index (χ1v) is 6.22. The van der Waals surface area contributed by atoms with Gasteiger partial charge in [0, 0.05) is 24.3 Å². The first-order valence-electron chi connectivity index (χ1n) is 6.22. The number of nitrogens with zero attached hydrogens (tertiary/aromatic N) is 2. The van der Waals surface area contributed by atoms with Crippen LogP contribution in [0.3, 0.4) is 0 Å². The van der Waals surface area contributed by atoms with Crippen LogP contribution in [0.4, 0.5) is 5.69 Å². The Labute approximate surface area is 119 Å². The van der Waals surface area contributed by atoms with Crippen molar-refractivity contribution in [3.63, 3.8) is 0 Å². The van der Waals surface area contributed by atoms with Crippen LogP contribution in [0.1, 0.15) is 26.5 Å². The number of carbonyl (C=O) groups is 2. The van der Waals surface area contributed by atoms with Gasteiger partial charge in [-0.2, -0.15) is 0 Å². The molecule has 0 saturated heterocycles. The SMILES string of the molecule is Cc1[nH]cc(NC(=O)c2cn3ccccc3n2)c1C(=O)O. The van der Waals surface area contributed by atoms with Gasteiger partial charge in [0.05, 0.1) is 5.69 Å². The molecule has 0 unspecified atom stereocenters. The second-order valence-electron chi connectivity index (χ2n) is 4.55. The zero-order valence-electron chi connectivity index (χ0n) is 11.1. The Balaban J connectivity index is 1.91. The maximum absolute atomic E-state index is 12.2. The number of H-pyrrole nitrogens is 1. The molecule has 0 radical (unpaired) electrons. The molecule has 106 valence electrons. The van der Waals surface area contributed by atoms with E-state index >= 15 is 0 Å². The molecule has 3 N–H and O–H groups in total. The largest absolute Gasteiger partial charge is 0.478 e. The number of pyridine rings is 1. The number of hydrogen-bond acceptors (Lipinski definition) is 3. The third-order valence-electron chi connectivity index (χ3n) is 3.14. The van der Waals surface area contributed by atoms with Crippen molar-refractivity contribution in [2.75, 3.05) is 5.32 Å². The van der Waals surface area contributed by atoms with Crippen molar-refractivity contribution in [1.29, 1.82) is 0 Å². The second-order valence-corrected chi connectivity index (χ2v) is 4.55. The van der Waals surface area contributed by atoms with Crippen LogP contribution in [0.5, 0.6) is 0 Å². The highest BCUT2D eigenvalue weighted by molar-refractivity contribution is 6.07. The third kappa shape index (κ3) is 2.25. The summed E-state index contributed by atoms with van der Waals surface area (Å²) < 4.78 is 1.72. The fraction of sp³-hybridized carbons (Fsp3) is 0.0714. The molecule has 3 rings (SSSR count). The van der Waals surface area contributed by atoms with Gasteiger partial charge in [0.2, 0.25) is 0 Å². The van der Waals surface area contributed by atoms with E-state index in [0.29, 0.717) is 11.3 Å². The number of aryl methyl sites for hydroxylation is 1. The van der Waals surface area contributed by atoms with Crippen LogP contribution < -0.4 is 5.32 Å². The van der Waals surface area contributed by atoms with Crippen molar-refractivity contribution in [3.8, 4) is 0 Å². The minimum absolute atomic E-state index is 0.0483. The average Bonchev–Trinajstić information content (AvgIpc) is 3.02. The van der Waals surface area contributed by atoms with Crippen molar-refractivity contribution in [2.45, 2.75) is 6.92 Å². The number of anilines is 1. The highest BCUT2D eigenvalue weighted by atomic mass is 16.4. The number of carbonyl (C=O) groups excluding carboxylic acids is 1. The molecule has 0 bridgehead atoms. The second kappa shape index (κ2) is 4.78. The van der Waals surface area contributed by atoms with Crippen molar-refractivity contribution in [1.82, 2.24) is 14.4 Å². The minimum Gasteiger partial charge on any atom is -0.478 e. The summed E-state index contributed by atoms with van der Waals surface area (Å²) in [6.07, 6.45) is 4.82. The molecular weight excluding hydrogens is 272 g/mol. The number of nitrogens with one attached hydrogen (secondary N) is 2. The molecule has 0 aromatic carbocycles. The lowest BCUT2D eigenvalue weighted by atomic mass is 10.2. The van der Waals surface area contributed by atoms with Gasteiger partial charge < -0.3 is 19.8 Å². The molecular formula is C14H12N4O3. The summed E-state index contributed by atoms with van der Waals surface area (Å²) in [5.41, 5.74) is 1.62. The first kappa shape index (κ1) is 12.9. The third-order valence-corrected chi connectivity index (χ3v) is 3.14. The van der Waals surface area contributed by atoms with E-state index in [-0.39, 0.29) is 16.9 Å². The molecule has 3 heterocycles. The number of aromatic nitrogens is 3. The highest BCUT2D eigenvalue weighted by Gasteiger charge is 2.19. The van der Waals surface area contributed by atoms with Crippen LogP contribution in [0, 0.1) is 6.92 Å². The van der Waals surface area contributed by atoms with E-state index in [1.807, 2.05) is 12.1 Å². The van der Waals surface area contributed by atoms with Gasteiger partial charge in [-0.15, -0.1) is 0 Å². The predicted molar refractivity (Wildman–Crippen MR) is 75.6 cm³/mol. The Morgan fingerprint density at radius 2 is 2.19 bits per heavy atom. The van der Waals surface area contributed by atoms with Crippen molar-refractivity contribution in [2.24, 2.45) is 0 Å². The van der Waals surface area contributed by atoms with Crippen molar-refractivity contribution < 1.29 is 14.7 Å². The standard InChI is InChI=1S/C14H12N4O3/c1-8-12(14(20)21)9(6-15-8)17-13(19)10-7-18-5-3-2-4-11(18)16-10/h2-7,15H,1H3,(H,17,19)(H,20,21). The fourth-order valence-corrected chi connectivity index (χ4v) is 2.13. The number of imidazole rings is 1. The van der Waals surface area contributed by atoms with Crippen LogP contribution in [-0.2, 0) is 0 Å². The molecule has 21 heavy (non-hydrogen) atoms. The van der Waals surface area contributed by atoms with E-state index in [1.165, 1.54) is 6.20 Å². The monoisotopic (exact) mass is 284 g/mol. The van der Waals surface area contributed by atoms with Crippen LogP contribution in [0.25, 0.3) is 5.65 Å². The van der Waals surface area contributed by atoms with Gasteiger partial charge in [0.1, 0.15) is 16.9 Å². The maximum atomic E-state index is 12.2. The quantitative estimate of drug-likeness (QED) is 0.684. The van der Waals surface area contributed by atoms with Gasteiger partial charge in [-0.25, -0.2) is 9.78 Å². The zero-order chi connectivity index (χ0) is 15.0. The van der Waals surface area contributed by atoms with E-state index < -0.39 is 11.9 Å². The molecule has 0 fully saturated rings. The Kier molecular flexibility index (Phi) is 2.94. The Hall–Kier alpha value is -3.09. The normalized spacial score (nSPS) is 10.7. The maximum Gasteiger partial charge on any atom is 0.339 e. The van der Waals surface area contributed by atoms with Gasteiger partial charge in [-0.3, -0.25) is 4.79 Å². The van der Waals surface area contributed by atoms with Gasteiger partial charge in [-0.1, -0.05) is 6.07 Å². The number of aromatic carboxylic acids is 1. The van der Waals surface area contributed by atoms with Crippen LogP contribution in [0.15, 0.2) is 36.8 Å². The van der Waals surface area contributed by atoms with Gasteiger partial charge in [0.25, 0.3) is 5.91 Å². The molecule has 0 spiro atoms. The summed E-state index contributed by atoms with van der Waals surface area (Å²) in [6.45, 7) is 1.63. The molecule has 0 atom stereocenters. The van der Waals surface area contributed by atoms with Crippen LogP contribution >= 0.6 is 0 Å². The van der Waals surface area contributed by atoms with E-state index in [2.05, 4.69) is 15.3 Å². The summed E-state index contributed by atoms with van der Waals surface area (Å²) in [7, 11) is 0. The molecule has 1 amide bonds. The first-order chi connectivity index (χ1) is 10.1. The number of hydrogen-bond donors (Lipinski definition) is 3. The summed E-state index contributed by atoms with van der Waals surface area (Å²) in [5.74, 6) is -1.56. The zero-order valence-corrected chi connectivity index (χ0v) is 11.1. The molecule has 3 aromatic heterocycles. The molecule has 0 aliphatic heterocycles. The van der Waals surface area contributed by atoms with Crippen molar-refractivity contribution in [3.05, 3.63) is 53.7 Å². The average molecular weight is 284 g/mol. The topological polar surface area (TPSA) is 99.5 Å². The van der Waals surface area contributed by atoms with Crippen LogP contribution in [0.2, 0.25) is 0 Å². The number of carboxylic acid groups (broad SMARTS) is 1. The number of fused-ring (bicyclic) bond motifs is 1. The summed E-state index contributed by atoms with van der Waals surface area (Å²) >= 11 is 0. The number of amides is 1. The summed E-state index contributed by atoms with van der Waals surface area (Å²) in [5, 5.41) is 11.7. The fourth-order valence-electron chi connectivity index (χ4n) is 2.13. The molecule has 0 saturated carbocycles. The molecule has 3 aromatic rings. The minimum atomic E-state index is -1.10. The van der Waals surface area contributed by atoms with E-state index in [1.54, 1.807) is 29.8 Å². The Bertz CT molecular complexity index is 814. The Morgan fingerprint density at radius 3 is 2.90 bits per heavy atom. The highest BCUT2D eigenvalue weighted by Crippen LogP contribution is 2.19. The molecule has 7 heteroatoms. The predicted octanol–water partition coefficient (Wildman–Crippen LogP) is 1.92. The number of aromatic amines is 1. The van der Waals surface area contributed by atoms with Gasteiger partial charge in [0.15, 0.2) is 0 Å². The van der Waals surface area contributed by atoms with E-state index in [0.717, 1.165) is 0 Å². The number of rotatable bonds is 3. The Morgan fingerprint density at radius 1 is 1.38 bits per heavy atom. The summed E-state index contributed by atoms with van der Waals surface area (Å²) in [6, 6.07) is 5.43. The molecule has 0 aliphatic carbocycles. The van der Waals surface area contributed by atoms with E-state index in [9.17, 15) is 9.59 Å². The van der Waals surface area contributed by atoms with Crippen LogP contribution in [-0.4, -0.2) is 31.4 Å². The molecule has 0 aliphatic rings. The molecule has 7 nitrogen and oxygen atoms in total. The smallest absolute Gasteiger partial charge is 0.339 e. The van der Waals surface area contributed by atoms with E-state index in [4.69, 9.17) is 5.11 Å².